The molecule has 0 bridgehead atoms. The quantitative estimate of drug-likeness (QED) is 0.893. The Hall–Kier alpha value is -0.330. The summed E-state index contributed by atoms with van der Waals surface area (Å²) in [5, 5.41) is 0.619. The Balaban J connectivity index is 1.84. The highest BCUT2D eigenvalue weighted by Gasteiger charge is 2.41. The van der Waals surface area contributed by atoms with Crippen LogP contribution in [0.4, 0.5) is 0 Å². The summed E-state index contributed by atoms with van der Waals surface area (Å²) in [7, 11) is -3.50. The molecule has 1 aromatic carbocycles. The average molecular weight is 349 g/mol. The second-order valence-electron chi connectivity index (χ2n) is 5.99. The fraction of sp³-hybridized carbons (Fsp3) is 0.571. The van der Waals surface area contributed by atoms with Crippen LogP contribution in [0.2, 0.25) is 10.0 Å². The number of hydrogen-bond acceptors (Lipinski definition) is 3. The predicted octanol–water partition coefficient (Wildman–Crippen LogP) is 2.74. The predicted molar refractivity (Wildman–Crippen MR) is 84.0 cm³/mol. The van der Waals surface area contributed by atoms with Crippen LogP contribution in [0.25, 0.3) is 0 Å². The SMILES string of the molecule is NC1CC[C@@H]2CN(S(=O)(=O)c3ccc(Cl)c(Cl)c3)C[C@@H]2C1. The molecular weight excluding hydrogens is 331 g/mol. The van der Waals surface area contributed by atoms with E-state index in [1.807, 2.05) is 0 Å². The lowest BCUT2D eigenvalue weighted by atomic mass is 9.79. The first-order chi connectivity index (χ1) is 9.88. The van der Waals surface area contributed by atoms with Crippen molar-refractivity contribution >= 4 is 33.2 Å². The molecular formula is C14H18Cl2N2O2S. The summed E-state index contributed by atoms with van der Waals surface area (Å²) >= 11 is 11.8. The van der Waals surface area contributed by atoms with Gasteiger partial charge in [0.2, 0.25) is 10.0 Å². The van der Waals surface area contributed by atoms with E-state index in [1.165, 1.54) is 18.2 Å². The van der Waals surface area contributed by atoms with Gasteiger partial charge >= 0.3 is 0 Å². The molecule has 4 nitrogen and oxygen atoms in total. The molecule has 1 aromatic rings. The van der Waals surface area contributed by atoms with Crippen LogP contribution >= 0.6 is 23.2 Å². The van der Waals surface area contributed by atoms with Crippen LogP contribution < -0.4 is 5.73 Å². The first-order valence-corrected chi connectivity index (χ1v) is 9.28. The van der Waals surface area contributed by atoms with E-state index >= 15 is 0 Å². The van der Waals surface area contributed by atoms with Crippen LogP contribution in [0.3, 0.4) is 0 Å². The van der Waals surface area contributed by atoms with Gasteiger partial charge in [0.15, 0.2) is 0 Å². The van der Waals surface area contributed by atoms with Crippen LogP contribution in [0, 0.1) is 11.8 Å². The molecule has 0 aromatic heterocycles. The van der Waals surface area contributed by atoms with Crippen LogP contribution in [0.15, 0.2) is 23.1 Å². The Morgan fingerprint density at radius 3 is 2.52 bits per heavy atom. The van der Waals surface area contributed by atoms with E-state index in [-0.39, 0.29) is 16.0 Å². The maximum absolute atomic E-state index is 12.7. The van der Waals surface area contributed by atoms with Crippen molar-refractivity contribution in [1.29, 1.82) is 0 Å². The standard InChI is InChI=1S/C14H18Cl2N2O2S/c15-13-4-3-12(6-14(13)16)21(19,20)18-7-9-1-2-11(17)5-10(9)8-18/h3-4,6,9-11H,1-2,5,7-8,17H2/t9-,10+,11?/m1/s1. The van der Waals surface area contributed by atoms with Gasteiger partial charge in [-0.15, -0.1) is 0 Å². The molecule has 1 heterocycles. The fourth-order valence-electron chi connectivity index (χ4n) is 3.41. The van der Waals surface area contributed by atoms with Gasteiger partial charge in [-0.25, -0.2) is 8.42 Å². The summed E-state index contributed by atoms with van der Waals surface area (Å²) in [6.07, 6.45) is 2.92. The zero-order valence-corrected chi connectivity index (χ0v) is 13.8. The third-order valence-electron chi connectivity index (χ3n) is 4.59. The molecule has 0 amide bonds. The van der Waals surface area contributed by atoms with E-state index < -0.39 is 10.0 Å². The number of rotatable bonds is 2. The average Bonchev–Trinajstić information content (AvgIpc) is 2.85. The van der Waals surface area contributed by atoms with Gasteiger partial charge in [-0.3, -0.25) is 0 Å². The highest BCUT2D eigenvalue weighted by molar-refractivity contribution is 7.89. The number of nitrogens with zero attached hydrogens (tertiary/aromatic N) is 1. The van der Waals surface area contributed by atoms with E-state index in [2.05, 4.69) is 0 Å². The Bertz CT molecular complexity index is 650. The summed E-state index contributed by atoms with van der Waals surface area (Å²) in [5.74, 6) is 0.814. The molecule has 3 rings (SSSR count). The summed E-state index contributed by atoms with van der Waals surface area (Å²) in [6.45, 7) is 1.14. The normalized spacial score (nSPS) is 30.3. The molecule has 3 atom stereocenters. The van der Waals surface area contributed by atoms with Crippen molar-refractivity contribution in [2.75, 3.05) is 13.1 Å². The van der Waals surface area contributed by atoms with Crippen LogP contribution in [-0.2, 0) is 10.0 Å². The lowest BCUT2D eigenvalue weighted by molar-refractivity contribution is 0.271. The van der Waals surface area contributed by atoms with E-state index in [0.29, 0.717) is 29.9 Å². The van der Waals surface area contributed by atoms with Gasteiger partial charge < -0.3 is 5.73 Å². The number of halogens is 2. The largest absolute Gasteiger partial charge is 0.328 e. The number of fused-ring (bicyclic) bond motifs is 1. The molecule has 1 aliphatic carbocycles. The summed E-state index contributed by atoms with van der Waals surface area (Å²) < 4.78 is 27.0. The Labute approximate surface area is 135 Å². The molecule has 2 N–H and O–H groups in total. The van der Waals surface area contributed by atoms with E-state index in [1.54, 1.807) is 4.31 Å². The Morgan fingerprint density at radius 1 is 1.10 bits per heavy atom. The molecule has 1 saturated carbocycles. The maximum atomic E-state index is 12.7. The first-order valence-electron chi connectivity index (χ1n) is 7.08. The second kappa shape index (κ2) is 5.70. The third-order valence-corrected chi connectivity index (χ3v) is 7.15. The van der Waals surface area contributed by atoms with Gasteiger partial charge in [-0.1, -0.05) is 23.2 Å². The Morgan fingerprint density at radius 2 is 1.81 bits per heavy atom. The van der Waals surface area contributed by atoms with E-state index in [0.717, 1.165) is 19.3 Å². The minimum absolute atomic E-state index is 0.207. The van der Waals surface area contributed by atoms with E-state index in [9.17, 15) is 8.42 Å². The monoisotopic (exact) mass is 348 g/mol. The van der Waals surface area contributed by atoms with Crippen LogP contribution in [-0.4, -0.2) is 31.9 Å². The summed E-state index contributed by atoms with van der Waals surface area (Å²) in [5.41, 5.74) is 5.99. The highest BCUT2D eigenvalue weighted by atomic mass is 35.5. The van der Waals surface area contributed by atoms with Crippen molar-refractivity contribution < 1.29 is 8.42 Å². The molecule has 1 aliphatic heterocycles. The van der Waals surface area contributed by atoms with Crippen molar-refractivity contribution in [3.8, 4) is 0 Å². The minimum Gasteiger partial charge on any atom is -0.328 e. The smallest absolute Gasteiger partial charge is 0.243 e. The van der Waals surface area contributed by atoms with E-state index in [4.69, 9.17) is 28.9 Å². The van der Waals surface area contributed by atoms with Crippen molar-refractivity contribution in [3.63, 3.8) is 0 Å². The van der Waals surface area contributed by atoms with Crippen molar-refractivity contribution in [2.24, 2.45) is 17.6 Å². The van der Waals surface area contributed by atoms with Crippen LogP contribution in [0.1, 0.15) is 19.3 Å². The molecule has 21 heavy (non-hydrogen) atoms. The van der Waals surface area contributed by atoms with Gasteiger partial charge in [0.1, 0.15) is 0 Å². The summed E-state index contributed by atoms with van der Waals surface area (Å²) in [6, 6.07) is 4.67. The lowest BCUT2D eigenvalue weighted by Crippen LogP contribution is -2.32. The molecule has 1 unspecified atom stereocenters. The van der Waals surface area contributed by atoms with Gasteiger partial charge in [0, 0.05) is 19.1 Å². The zero-order chi connectivity index (χ0) is 15.2. The first kappa shape index (κ1) is 15.6. The van der Waals surface area contributed by atoms with Crippen molar-refractivity contribution in [2.45, 2.75) is 30.2 Å². The molecule has 0 radical (unpaired) electrons. The van der Waals surface area contributed by atoms with Gasteiger partial charge in [-0.05, 0) is 49.3 Å². The maximum Gasteiger partial charge on any atom is 0.243 e. The fourth-order valence-corrected chi connectivity index (χ4v) is 5.35. The number of hydrogen-bond donors (Lipinski definition) is 1. The van der Waals surface area contributed by atoms with Crippen molar-refractivity contribution in [3.05, 3.63) is 28.2 Å². The molecule has 7 heteroatoms. The summed E-state index contributed by atoms with van der Waals surface area (Å²) in [4.78, 5) is 0.208. The highest BCUT2D eigenvalue weighted by Crippen LogP contribution is 2.38. The number of sulfonamides is 1. The third kappa shape index (κ3) is 2.94. The van der Waals surface area contributed by atoms with Crippen LogP contribution in [0.5, 0.6) is 0 Å². The van der Waals surface area contributed by atoms with Gasteiger partial charge in [0.05, 0.1) is 14.9 Å². The molecule has 116 valence electrons. The lowest BCUT2D eigenvalue weighted by Gasteiger charge is -2.28. The van der Waals surface area contributed by atoms with Gasteiger partial charge in [-0.2, -0.15) is 4.31 Å². The number of benzene rings is 1. The molecule has 1 saturated heterocycles. The second-order valence-corrected chi connectivity index (χ2v) is 8.74. The van der Waals surface area contributed by atoms with Crippen molar-refractivity contribution in [1.82, 2.24) is 4.31 Å². The zero-order valence-electron chi connectivity index (χ0n) is 11.5. The minimum atomic E-state index is -3.50. The molecule has 0 spiro atoms. The molecule has 2 aliphatic rings. The Kier molecular flexibility index (Phi) is 4.23. The van der Waals surface area contributed by atoms with Gasteiger partial charge in [0.25, 0.3) is 0 Å². The molecule has 2 fully saturated rings. The number of nitrogens with two attached hydrogens (primary N) is 1. The topological polar surface area (TPSA) is 63.4 Å².